The lowest BCUT2D eigenvalue weighted by molar-refractivity contribution is 0.357. The number of hydrogen-bond acceptors (Lipinski definition) is 2. The number of hydrogen-bond donors (Lipinski definition) is 1. The summed E-state index contributed by atoms with van der Waals surface area (Å²) in [5, 5.41) is 4.44. The number of allylic oxidation sites excluding steroid dienone is 2. The van der Waals surface area contributed by atoms with Crippen LogP contribution in [0.2, 0.25) is 0 Å². The first-order chi connectivity index (χ1) is 6.17. The summed E-state index contributed by atoms with van der Waals surface area (Å²) in [5.74, 6) is 2.13. The minimum atomic E-state index is 0.358. The van der Waals surface area contributed by atoms with Crippen LogP contribution in [0.3, 0.4) is 0 Å². The van der Waals surface area contributed by atoms with Crippen LogP contribution >= 0.6 is 11.8 Å². The van der Waals surface area contributed by atoms with Crippen LogP contribution in [0.15, 0.2) is 12.2 Å². The Morgan fingerprint density at radius 3 is 2.77 bits per heavy atom. The second kappa shape index (κ2) is 3.66. The van der Waals surface area contributed by atoms with Crippen molar-refractivity contribution in [1.29, 1.82) is 0 Å². The average Bonchev–Trinajstić information content (AvgIpc) is 2.48. The highest BCUT2D eigenvalue weighted by atomic mass is 32.2. The molecule has 1 N–H and O–H groups in total. The van der Waals surface area contributed by atoms with Gasteiger partial charge in [0.25, 0.3) is 0 Å². The summed E-state index contributed by atoms with van der Waals surface area (Å²) in [6.45, 7) is 4.61. The quantitative estimate of drug-likeness (QED) is 0.649. The fourth-order valence-electron chi connectivity index (χ4n) is 2.11. The highest BCUT2D eigenvalue weighted by Gasteiger charge is 2.34. The van der Waals surface area contributed by atoms with E-state index in [0.29, 0.717) is 10.9 Å². The summed E-state index contributed by atoms with van der Waals surface area (Å²) in [6, 6.07) is 0. The molecule has 2 heteroatoms. The molecule has 0 aromatic rings. The van der Waals surface area contributed by atoms with E-state index in [9.17, 15) is 0 Å². The fourth-order valence-corrected chi connectivity index (χ4v) is 3.71. The van der Waals surface area contributed by atoms with Gasteiger partial charge in [-0.15, -0.1) is 11.8 Å². The summed E-state index contributed by atoms with van der Waals surface area (Å²) < 4.78 is 0. The Morgan fingerprint density at radius 1 is 1.38 bits per heavy atom. The molecule has 2 rings (SSSR count). The molecule has 0 aromatic carbocycles. The van der Waals surface area contributed by atoms with Crippen LogP contribution in [0, 0.1) is 5.92 Å². The van der Waals surface area contributed by atoms with Crippen LogP contribution in [0.1, 0.15) is 33.1 Å². The van der Waals surface area contributed by atoms with E-state index in [-0.39, 0.29) is 0 Å². The molecular weight excluding hydrogens is 178 g/mol. The normalized spacial score (nSPS) is 38.0. The van der Waals surface area contributed by atoms with Crippen molar-refractivity contribution in [2.45, 2.75) is 44.0 Å². The van der Waals surface area contributed by atoms with Crippen molar-refractivity contribution in [1.82, 2.24) is 5.32 Å². The lowest BCUT2D eigenvalue weighted by Crippen LogP contribution is -2.41. The number of thioether (sulfide) groups is 1. The molecule has 0 saturated carbocycles. The van der Waals surface area contributed by atoms with Gasteiger partial charge in [-0.25, -0.2) is 0 Å². The van der Waals surface area contributed by atoms with E-state index in [4.69, 9.17) is 0 Å². The number of rotatable bonds is 1. The SMILES string of the molecule is CC1(C)CSC(C2CC=CCC2)N1. The molecule has 74 valence electrons. The summed E-state index contributed by atoms with van der Waals surface area (Å²) in [6.07, 6.45) is 8.60. The Kier molecular flexibility index (Phi) is 2.70. The predicted molar refractivity (Wildman–Crippen MR) is 59.9 cm³/mol. The third kappa shape index (κ3) is 2.29. The molecule has 13 heavy (non-hydrogen) atoms. The van der Waals surface area contributed by atoms with E-state index in [0.717, 1.165) is 5.92 Å². The Bertz CT molecular complexity index is 210. The van der Waals surface area contributed by atoms with Crippen LogP contribution in [0.4, 0.5) is 0 Å². The molecule has 0 aromatic heterocycles. The van der Waals surface area contributed by atoms with Crippen molar-refractivity contribution < 1.29 is 0 Å². The van der Waals surface area contributed by atoms with Crippen molar-refractivity contribution in [3.05, 3.63) is 12.2 Å². The van der Waals surface area contributed by atoms with Gasteiger partial charge in [-0.1, -0.05) is 12.2 Å². The summed E-state index contributed by atoms with van der Waals surface area (Å²) in [4.78, 5) is 0. The van der Waals surface area contributed by atoms with Crippen molar-refractivity contribution in [2.75, 3.05) is 5.75 Å². The standard InChI is InChI=1S/C11H19NS/c1-11(2)8-13-10(12-11)9-6-4-3-5-7-9/h3-4,9-10,12H,5-8H2,1-2H3. The molecule has 1 fully saturated rings. The van der Waals surface area contributed by atoms with Gasteiger partial charge in [-0.05, 0) is 39.0 Å². The zero-order valence-electron chi connectivity index (χ0n) is 8.55. The molecule has 2 atom stereocenters. The van der Waals surface area contributed by atoms with Gasteiger partial charge in [0.2, 0.25) is 0 Å². The molecule has 0 radical (unpaired) electrons. The fraction of sp³-hybridized carbons (Fsp3) is 0.818. The van der Waals surface area contributed by atoms with E-state index in [1.54, 1.807) is 0 Å². The van der Waals surface area contributed by atoms with Crippen LogP contribution in [-0.2, 0) is 0 Å². The molecule has 1 aliphatic carbocycles. The lowest BCUT2D eigenvalue weighted by Gasteiger charge is -2.26. The van der Waals surface area contributed by atoms with Crippen LogP contribution in [-0.4, -0.2) is 16.7 Å². The van der Waals surface area contributed by atoms with Crippen LogP contribution in [0.5, 0.6) is 0 Å². The summed E-state index contributed by atoms with van der Waals surface area (Å²) in [7, 11) is 0. The van der Waals surface area contributed by atoms with E-state index in [2.05, 4.69) is 43.1 Å². The average molecular weight is 197 g/mol. The van der Waals surface area contributed by atoms with Gasteiger partial charge in [-0.2, -0.15) is 0 Å². The van der Waals surface area contributed by atoms with Crippen molar-refractivity contribution in [3.63, 3.8) is 0 Å². The van der Waals surface area contributed by atoms with Crippen molar-refractivity contribution in [3.8, 4) is 0 Å². The highest BCUT2D eigenvalue weighted by Crippen LogP contribution is 2.35. The molecule has 0 bridgehead atoms. The zero-order valence-corrected chi connectivity index (χ0v) is 9.36. The maximum Gasteiger partial charge on any atom is 0.0568 e. The molecule has 0 amide bonds. The largest absolute Gasteiger partial charge is 0.299 e. The van der Waals surface area contributed by atoms with E-state index < -0.39 is 0 Å². The molecule has 2 unspecified atom stereocenters. The first-order valence-electron chi connectivity index (χ1n) is 5.22. The summed E-state index contributed by atoms with van der Waals surface area (Å²) in [5.41, 5.74) is 0.358. The minimum absolute atomic E-state index is 0.358. The van der Waals surface area contributed by atoms with Crippen molar-refractivity contribution in [2.24, 2.45) is 5.92 Å². The second-order valence-corrected chi connectivity index (χ2v) is 5.93. The van der Waals surface area contributed by atoms with Crippen molar-refractivity contribution >= 4 is 11.8 Å². The summed E-state index contributed by atoms with van der Waals surface area (Å²) >= 11 is 2.11. The third-order valence-corrected chi connectivity index (χ3v) is 4.64. The Labute approximate surface area is 85.4 Å². The molecule has 1 saturated heterocycles. The van der Waals surface area contributed by atoms with E-state index in [1.165, 1.54) is 25.0 Å². The maximum absolute atomic E-state index is 3.73. The Balaban J connectivity index is 1.92. The number of nitrogens with one attached hydrogen (secondary N) is 1. The zero-order chi connectivity index (χ0) is 9.31. The lowest BCUT2D eigenvalue weighted by atomic mass is 9.93. The van der Waals surface area contributed by atoms with Gasteiger partial charge in [0.15, 0.2) is 0 Å². The van der Waals surface area contributed by atoms with Gasteiger partial charge in [0.1, 0.15) is 0 Å². The Morgan fingerprint density at radius 2 is 2.23 bits per heavy atom. The van der Waals surface area contributed by atoms with Gasteiger partial charge < -0.3 is 0 Å². The smallest absolute Gasteiger partial charge is 0.0568 e. The van der Waals surface area contributed by atoms with Crippen LogP contribution < -0.4 is 5.32 Å². The van der Waals surface area contributed by atoms with Gasteiger partial charge in [0, 0.05) is 11.3 Å². The predicted octanol–water partition coefficient (Wildman–Crippen LogP) is 2.78. The van der Waals surface area contributed by atoms with Gasteiger partial charge >= 0.3 is 0 Å². The minimum Gasteiger partial charge on any atom is -0.299 e. The molecule has 2 aliphatic rings. The third-order valence-electron chi connectivity index (χ3n) is 2.89. The van der Waals surface area contributed by atoms with Gasteiger partial charge in [-0.3, -0.25) is 5.32 Å². The molecule has 1 aliphatic heterocycles. The van der Waals surface area contributed by atoms with Crippen LogP contribution in [0.25, 0.3) is 0 Å². The molecule has 1 heterocycles. The highest BCUT2D eigenvalue weighted by molar-refractivity contribution is 8.00. The molecule has 0 spiro atoms. The van der Waals surface area contributed by atoms with E-state index in [1.807, 2.05) is 0 Å². The maximum atomic E-state index is 3.73. The topological polar surface area (TPSA) is 12.0 Å². The monoisotopic (exact) mass is 197 g/mol. The van der Waals surface area contributed by atoms with Gasteiger partial charge in [0.05, 0.1) is 5.37 Å². The second-order valence-electron chi connectivity index (χ2n) is 4.80. The van der Waals surface area contributed by atoms with E-state index >= 15 is 0 Å². The molecular formula is C11H19NS. The first-order valence-corrected chi connectivity index (χ1v) is 6.27. The first kappa shape index (κ1) is 9.60. The Hall–Kier alpha value is 0.0500. The molecule has 1 nitrogen and oxygen atoms in total.